The molecule has 0 bridgehead atoms. The highest BCUT2D eigenvalue weighted by Crippen LogP contribution is 2.21. The lowest BCUT2D eigenvalue weighted by atomic mass is 10.1. The van der Waals surface area contributed by atoms with Crippen molar-refractivity contribution in [3.8, 4) is 11.8 Å². The molecular weight excluding hydrogens is 232 g/mol. The third kappa shape index (κ3) is 2.18. The molecule has 5 heteroatoms. The van der Waals surface area contributed by atoms with Gasteiger partial charge in [0, 0.05) is 12.8 Å². The number of carbonyl (C=O) groups excluding carboxylic acids is 2. The molecule has 5 nitrogen and oxygen atoms in total. The van der Waals surface area contributed by atoms with Gasteiger partial charge in [-0.05, 0) is 17.7 Å². The molecule has 1 fully saturated rings. The van der Waals surface area contributed by atoms with Crippen molar-refractivity contribution >= 4 is 11.8 Å². The lowest BCUT2D eigenvalue weighted by Crippen LogP contribution is -2.28. The van der Waals surface area contributed by atoms with Gasteiger partial charge in [0.25, 0.3) is 0 Å². The van der Waals surface area contributed by atoms with Gasteiger partial charge in [0.1, 0.15) is 11.8 Å². The number of likely N-dealkylation sites (tertiary alicyclic amines) is 1. The number of methoxy groups -OCH3 is 1. The molecule has 0 aliphatic carbocycles. The molecular formula is C13H12N2O3. The molecule has 92 valence electrons. The Morgan fingerprint density at radius 3 is 2.56 bits per heavy atom. The molecule has 0 aromatic heterocycles. The number of carbonyl (C=O) groups is 2. The number of imide groups is 1. The second kappa shape index (κ2) is 4.88. The Bertz CT molecular complexity index is 530. The first-order valence-corrected chi connectivity index (χ1v) is 5.56. The Morgan fingerprint density at radius 1 is 1.33 bits per heavy atom. The minimum atomic E-state index is -0.158. The van der Waals surface area contributed by atoms with Gasteiger partial charge < -0.3 is 4.74 Å². The first kappa shape index (κ1) is 12.1. The van der Waals surface area contributed by atoms with Crippen LogP contribution in [-0.4, -0.2) is 23.8 Å². The number of benzene rings is 1. The van der Waals surface area contributed by atoms with Crippen molar-refractivity contribution in [3.05, 3.63) is 29.3 Å². The van der Waals surface area contributed by atoms with E-state index in [1.165, 1.54) is 12.0 Å². The summed E-state index contributed by atoms with van der Waals surface area (Å²) < 4.78 is 5.03. The van der Waals surface area contributed by atoms with Crippen molar-refractivity contribution in [2.24, 2.45) is 0 Å². The van der Waals surface area contributed by atoms with E-state index < -0.39 is 0 Å². The molecule has 0 atom stereocenters. The summed E-state index contributed by atoms with van der Waals surface area (Å²) in [5.41, 5.74) is 1.14. The number of hydrogen-bond donors (Lipinski definition) is 0. The topological polar surface area (TPSA) is 70.4 Å². The van der Waals surface area contributed by atoms with Gasteiger partial charge >= 0.3 is 0 Å². The lowest BCUT2D eigenvalue weighted by molar-refractivity contribution is -0.139. The van der Waals surface area contributed by atoms with Gasteiger partial charge in [-0.15, -0.1) is 0 Å². The maximum Gasteiger partial charge on any atom is 0.229 e. The van der Waals surface area contributed by atoms with E-state index in [4.69, 9.17) is 10.00 Å². The monoisotopic (exact) mass is 244 g/mol. The minimum absolute atomic E-state index is 0.158. The zero-order chi connectivity index (χ0) is 13.1. The summed E-state index contributed by atoms with van der Waals surface area (Å²) in [4.78, 5) is 24.2. The average Bonchev–Trinajstić information content (AvgIpc) is 2.70. The Hall–Kier alpha value is -2.35. The average molecular weight is 244 g/mol. The van der Waals surface area contributed by atoms with Crippen LogP contribution in [0.15, 0.2) is 18.2 Å². The maximum atomic E-state index is 11.5. The summed E-state index contributed by atoms with van der Waals surface area (Å²) in [6.07, 6.45) is 0.556. The van der Waals surface area contributed by atoms with Crippen LogP contribution in [0.4, 0.5) is 0 Å². The van der Waals surface area contributed by atoms with Crippen LogP contribution in [0.25, 0.3) is 0 Å². The van der Waals surface area contributed by atoms with E-state index in [9.17, 15) is 9.59 Å². The highest BCUT2D eigenvalue weighted by atomic mass is 16.5. The molecule has 0 saturated carbocycles. The van der Waals surface area contributed by atoms with Crippen molar-refractivity contribution in [1.82, 2.24) is 4.90 Å². The Morgan fingerprint density at radius 2 is 2.00 bits per heavy atom. The van der Waals surface area contributed by atoms with E-state index >= 15 is 0 Å². The number of nitriles is 1. The molecule has 0 unspecified atom stereocenters. The van der Waals surface area contributed by atoms with Crippen LogP contribution in [0.5, 0.6) is 5.75 Å². The highest BCUT2D eigenvalue weighted by Gasteiger charge is 2.28. The third-order valence-corrected chi connectivity index (χ3v) is 2.88. The molecule has 0 spiro atoms. The zero-order valence-electron chi connectivity index (χ0n) is 9.97. The van der Waals surface area contributed by atoms with E-state index in [2.05, 4.69) is 0 Å². The van der Waals surface area contributed by atoms with Gasteiger partial charge in [-0.3, -0.25) is 14.5 Å². The molecule has 1 aliphatic heterocycles. The largest absolute Gasteiger partial charge is 0.495 e. The summed E-state index contributed by atoms with van der Waals surface area (Å²) in [6.45, 7) is 0.219. The van der Waals surface area contributed by atoms with Crippen LogP contribution in [0.1, 0.15) is 24.0 Å². The number of rotatable bonds is 3. The van der Waals surface area contributed by atoms with E-state index in [1.807, 2.05) is 6.07 Å². The van der Waals surface area contributed by atoms with Crippen molar-refractivity contribution < 1.29 is 14.3 Å². The summed E-state index contributed by atoms with van der Waals surface area (Å²) in [5, 5.41) is 8.96. The van der Waals surface area contributed by atoms with Gasteiger partial charge in [0.05, 0.1) is 19.2 Å². The summed E-state index contributed by atoms with van der Waals surface area (Å²) in [5.74, 6) is 0.170. The number of amides is 2. The van der Waals surface area contributed by atoms with Crippen LogP contribution < -0.4 is 4.74 Å². The predicted molar refractivity (Wildman–Crippen MR) is 62.5 cm³/mol. The molecule has 0 N–H and O–H groups in total. The first-order chi connectivity index (χ1) is 8.65. The molecule has 1 saturated heterocycles. The molecule has 1 aromatic rings. The fourth-order valence-corrected chi connectivity index (χ4v) is 1.92. The molecule has 18 heavy (non-hydrogen) atoms. The molecule has 2 rings (SSSR count). The van der Waals surface area contributed by atoms with Crippen molar-refractivity contribution in [3.63, 3.8) is 0 Å². The molecule has 1 aromatic carbocycles. The third-order valence-electron chi connectivity index (χ3n) is 2.88. The van der Waals surface area contributed by atoms with Crippen LogP contribution in [0.2, 0.25) is 0 Å². The second-order valence-corrected chi connectivity index (χ2v) is 4.02. The smallest absolute Gasteiger partial charge is 0.229 e. The molecule has 2 amide bonds. The van der Waals surface area contributed by atoms with Gasteiger partial charge in [-0.1, -0.05) is 6.07 Å². The van der Waals surface area contributed by atoms with Crippen LogP contribution in [-0.2, 0) is 16.1 Å². The maximum absolute atomic E-state index is 11.5. The van der Waals surface area contributed by atoms with Crippen molar-refractivity contribution in [2.75, 3.05) is 7.11 Å². The number of hydrogen-bond acceptors (Lipinski definition) is 4. The Kier molecular flexibility index (Phi) is 3.28. The van der Waals surface area contributed by atoms with E-state index in [0.29, 0.717) is 11.3 Å². The van der Waals surface area contributed by atoms with E-state index in [1.54, 1.807) is 18.2 Å². The fourth-order valence-electron chi connectivity index (χ4n) is 1.92. The summed E-state index contributed by atoms with van der Waals surface area (Å²) in [7, 11) is 1.49. The second-order valence-electron chi connectivity index (χ2n) is 4.02. The Balaban J connectivity index is 2.22. The van der Waals surface area contributed by atoms with Gasteiger partial charge in [-0.2, -0.15) is 5.26 Å². The predicted octanol–water partition coefficient (Wildman–Crippen LogP) is 1.22. The van der Waals surface area contributed by atoms with Gasteiger partial charge in [-0.25, -0.2) is 0 Å². The number of ether oxygens (including phenoxy) is 1. The first-order valence-electron chi connectivity index (χ1n) is 5.56. The fraction of sp³-hybridized carbons (Fsp3) is 0.308. The Labute approximate surface area is 105 Å². The number of nitrogens with zero attached hydrogens (tertiary/aromatic N) is 2. The quantitative estimate of drug-likeness (QED) is 0.749. The van der Waals surface area contributed by atoms with Crippen molar-refractivity contribution in [2.45, 2.75) is 19.4 Å². The molecule has 0 radical (unpaired) electrons. The summed E-state index contributed by atoms with van der Waals surface area (Å²) in [6, 6.07) is 7.07. The molecule has 1 heterocycles. The van der Waals surface area contributed by atoms with E-state index in [0.717, 1.165) is 5.56 Å². The van der Waals surface area contributed by atoms with Gasteiger partial charge in [0.15, 0.2) is 0 Å². The van der Waals surface area contributed by atoms with E-state index in [-0.39, 0.29) is 31.2 Å². The summed E-state index contributed by atoms with van der Waals surface area (Å²) >= 11 is 0. The van der Waals surface area contributed by atoms with Crippen molar-refractivity contribution in [1.29, 1.82) is 5.26 Å². The molecule has 1 aliphatic rings. The SMILES string of the molecule is COc1ccc(CN2C(=O)CCC2=O)cc1C#N. The van der Waals surface area contributed by atoms with Gasteiger partial charge in [0.2, 0.25) is 11.8 Å². The highest BCUT2D eigenvalue weighted by molar-refractivity contribution is 6.01. The van der Waals surface area contributed by atoms with Crippen LogP contribution in [0.3, 0.4) is 0 Å². The normalized spacial score (nSPS) is 14.8. The minimum Gasteiger partial charge on any atom is -0.495 e. The van der Waals surface area contributed by atoms with Crippen LogP contribution >= 0.6 is 0 Å². The standard InChI is InChI=1S/C13H12N2O3/c1-18-11-3-2-9(6-10(11)7-14)8-15-12(16)4-5-13(15)17/h2-3,6H,4-5,8H2,1H3. The lowest BCUT2D eigenvalue weighted by Gasteiger charge is -2.14. The zero-order valence-corrected chi connectivity index (χ0v) is 9.97. The van der Waals surface area contributed by atoms with Crippen LogP contribution in [0, 0.1) is 11.3 Å².